The molecule has 0 saturated carbocycles. The molecule has 3 N–H and O–H groups in total. The fourth-order valence-electron chi connectivity index (χ4n) is 2.14. The van der Waals surface area contributed by atoms with Gasteiger partial charge in [-0.15, -0.1) is 0 Å². The van der Waals surface area contributed by atoms with Crippen LogP contribution in [-0.4, -0.2) is 37.1 Å². The average Bonchev–Trinajstić information content (AvgIpc) is 2.28. The van der Waals surface area contributed by atoms with Crippen molar-refractivity contribution >= 4 is 11.9 Å². The molecule has 0 unspecified atom stereocenters. The number of carbonyl (C=O) groups is 2. The van der Waals surface area contributed by atoms with Crippen molar-refractivity contribution in [2.24, 2.45) is 0 Å². The van der Waals surface area contributed by atoms with Gasteiger partial charge in [-0.05, 0) is 40.0 Å². The number of hydrogen-bond acceptors (Lipinski definition) is 2. The summed E-state index contributed by atoms with van der Waals surface area (Å²) in [7, 11) is 0. The number of rotatable bonds is 3. The number of amides is 3. The van der Waals surface area contributed by atoms with Crippen LogP contribution in [0.1, 0.15) is 40.0 Å². The summed E-state index contributed by atoms with van der Waals surface area (Å²) in [5.74, 6) is -0.181. The Morgan fingerprint density at radius 2 is 1.65 bits per heavy atom. The van der Waals surface area contributed by atoms with E-state index in [0.29, 0.717) is 0 Å². The Kier molecular flexibility index (Phi) is 5.41. The van der Waals surface area contributed by atoms with E-state index in [2.05, 4.69) is 10.6 Å². The maximum absolute atomic E-state index is 11.8. The number of imide groups is 1. The molecule has 1 atom stereocenters. The van der Waals surface area contributed by atoms with Crippen molar-refractivity contribution in [2.75, 3.05) is 13.1 Å². The zero-order valence-corrected chi connectivity index (χ0v) is 11.0. The van der Waals surface area contributed by atoms with Gasteiger partial charge in [0, 0.05) is 6.04 Å². The lowest BCUT2D eigenvalue weighted by Gasteiger charge is -2.28. The summed E-state index contributed by atoms with van der Waals surface area (Å²) in [6.45, 7) is 7.67. The van der Waals surface area contributed by atoms with E-state index in [1.54, 1.807) is 0 Å². The molecule has 1 rings (SSSR count). The average molecular weight is 242 g/mol. The number of carbonyl (C=O) groups excluding carboxylic acids is 2. The number of piperidine rings is 1. The van der Waals surface area contributed by atoms with Crippen LogP contribution >= 0.6 is 0 Å². The van der Waals surface area contributed by atoms with Crippen molar-refractivity contribution in [3.63, 3.8) is 0 Å². The van der Waals surface area contributed by atoms with E-state index in [9.17, 15) is 9.59 Å². The molecule has 1 saturated heterocycles. The molecule has 0 aromatic rings. The highest BCUT2D eigenvalue weighted by Crippen LogP contribution is 1.96. The molecule has 5 nitrogen and oxygen atoms in total. The van der Waals surface area contributed by atoms with Gasteiger partial charge in [-0.3, -0.25) is 10.1 Å². The van der Waals surface area contributed by atoms with Gasteiger partial charge in [0.2, 0.25) is 0 Å². The number of urea groups is 1. The Bertz CT molecular complexity index is 273. The topological polar surface area (TPSA) is 62.6 Å². The quantitative estimate of drug-likeness (QED) is 0.635. The number of likely N-dealkylation sites (tertiary alicyclic amines) is 1. The van der Waals surface area contributed by atoms with Crippen molar-refractivity contribution in [3.05, 3.63) is 0 Å². The maximum Gasteiger partial charge on any atom is 0.321 e. The van der Waals surface area contributed by atoms with E-state index < -0.39 is 6.03 Å². The molecular weight excluding hydrogens is 218 g/mol. The molecule has 1 heterocycles. The van der Waals surface area contributed by atoms with Crippen LogP contribution in [-0.2, 0) is 4.79 Å². The predicted octanol–water partition coefficient (Wildman–Crippen LogP) is -0.322. The predicted molar refractivity (Wildman–Crippen MR) is 65.8 cm³/mol. The second kappa shape index (κ2) is 6.59. The molecular formula is C12H24N3O2+. The van der Waals surface area contributed by atoms with Crippen LogP contribution in [0.5, 0.6) is 0 Å². The molecule has 0 bridgehead atoms. The second-order valence-electron chi connectivity index (χ2n) is 5.06. The molecule has 98 valence electrons. The lowest BCUT2D eigenvalue weighted by atomic mass is 10.1. The fourth-order valence-corrected chi connectivity index (χ4v) is 2.14. The fraction of sp³-hybridized carbons (Fsp3) is 0.833. The molecule has 0 aromatic carbocycles. The normalized spacial score (nSPS) is 18.8. The van der Waals surface area contributed by atoms with Crippen LogP contribution in [0.2, 0.25) is 0 Å². The maximum atomic E-state index is 11.8. The summed E-state index contributed by atoms with van der Waals surface area (Å²) in [4.78, 5) is 24.5. The van der Waals surface area contributed by atoms with Crippen LogP contribution in [0.3, 0.4) is 0 Å². The first kappa shape index (κ1) is 14.0. The third-order valence-electron chi connectivity index (χ3n) is 3.16. The molecule has 0 radical (unpaired) electrons. The van der Waals surface area contributed by atoms with Crippen molar-refractivity contribution < 1.29 is 14.5 Å². The number of quaternary nitrogens is 1. The van der Waals surface area contributed by atoms with Crippen molar-refractivity contribution in [1.82, 2.24) is 10.6 Å². The van der Waals surface area contributed by atoms with E-state index in [-0.39, 0.29) is 18.0 Å². The summed E-state index contributed by atoms with van der Waals surface area (Å²) in [5.41, 5.74) is 0. The molecule has 0 aromatic heterocycles. The molecule has 1 aliphatic heterocycles. The minimum absolute atomic E-state index is 0.0421. The van der Waals surface area contributed by atoms with Gasteiger partial charge >= 0.3 is 6.03 Å². The van der Waals surface area contributed by atoms with E-state index >= 15 is 0 Å². The largest absolute Gasteiger partial charge is 0.336 e. The smallest absolute Gasteiger partial charge is 0.321 e. The Balaban J connectivity index is 2.37. The lowest BCUT2D eigenvalue weighted by Crippen LogP contribution is -3.17. The Labute approximate surface area is 103 Å². The van der Waals surface area contributed by atoms with E-state index in [4.69, 9.17) is 0 Å². The Morgan fingerprint density at radius 3 is 2.18 bits per heavy atom. The van der Waals surface area contributed by atoms with Gasteiger partial charge in [0.15, 0.2) is 6.04 Å². The molecule has 0 aliphatic carbocycles. The molecule has 1 fully saturated rings. The van der Waals surface area contributed by atoms with Crippen LogP contribution in [0, 0.1) is 0 Å². The van der Waals surface area contributed by atoms with Crippen molar-refractivity contribution in [3.8, 4) is 0 Å². The molecule has 0 spiro atoms. The zero-order chi connectivity index (χ0) is 12.8. The highest BCUT2D eigenvalue weighted by atomic mass is 16.2. The lowest BCUT2D eigenvalue weighted by molar-refractivity contribution is -0.918. The third kappa shape index (κ3) is 4.73. The summed E-state index contributed by atoms with van der Waals surface area (Å²) < 4.78 is 0. The van der Waals surface area contributed by atoms with E-state index in [0.717, 1.165) is 13.1 Å². The SMILES string of the molecule is CC(C)NC(=O)NC(=O)[C@H](C)[NH+]1CCCCC1. The first-order valence-electron chi connectivity index (χ1n) is 6.46. The second-order valence-corrected chi connectivity index (χ2v) is 5.06. The van der Waals surface area contributed by atoms with Gasteiger partial charge in [-0.2, -0.15) is 0 Å². The highest BCUT2D eigenvalue weighted by Gasteiger charge is 2.27. The monoisotopic (exact) mass is 242 g/mol. The summed E-state index contributed by atoms with van der Waals surface area (Å²) in [6, 6.07) is -0.498. The van der Waals surface area contributed by atoms with Crippen LogP contribution in [0.4, 0.5) is 4.79 Å². The zero-order valence-electron chi connectivity index (χ0n) is 11.0. The van der Waals surface area contributed by atoms with Gasteiger partial charge in [-0.1, -0.05) is 0 Å². The highest BCUT2D eigenvalue weighted by molar-refractivity contribution is 5.96. The van der Waals surface area contributed by atoms with Gasteiger partial charge in [0.1, 0.15) is 0 Å². The first-order chi connectivity index (χ1) is 8.00. The minimum atomic E-state index is -0.395. The molecule has 1 aliphatic rings. The van der Waals surface area contributed by atoms with Gasteiger partial charge in [0.05, 0.1) is 13.1 Å². The van der Waals surface area contributed by atoms with Crippen molar-refractivity contribution in [1.29, 1.82) is 0 Å². The Morgan fingerprint density at radius 1 is 1.06 bits per heavy atom. The number of hydrogen-bond donors (Lipinski definition) is 3. The first-order valence-corrected chi connectivity index (χ1v) is 6.46. The summed E-state index contributed by atoms with van der Waals surface area (Å²) in [5, 5.41) is 5.05. The summed E-state index contributed by atoms with van der Waals surface area (Å²) >= 11 is 0. The third-order valence-corrected chi connectivity index (χ3v) is 3.16. The Hall–Kier alpha value is -1.10. The van der Waals surface area contributed by atoms with Crippen LogP contribution in [0.25, 0.3) is 0 Å². The summed E-state index contributed by atoms with van der Waals surface area (Å²) in [6.07, 6.45) is 3.60. The van der Waals surface area contributed by atoms with Gasteiger partial charge in [-0.25, -0.2) is 4.79 Å². The van der Waals surface area contributed by atoms with Crippen LogP contribution < -0.4 is 15.5 Å². The van der Waals surface area contributed by atoms with Crippen LogP contribution in [0.15, 0.2) is 0 Å². The van der Waals surface area contributed by atoms with Gasteiger partial charge < -0.3 is 10.2 Å². The minimum Gasteiger partial charge on any atom is -0.336 e. The van der Waals surface area contributed by atoms with Crippen molar-refractivity contribution in [2.45, 2.75) is 52.1 Å². The molecule has 17 heavy (non-hydrogen) atoms. The van der Waals surface area contributed by atoms with Gasteiger partial charge in [0.25, 0.3) is 5.91 Å². The standard InChI is InChI=1S/C12H23N3O2/c1-9(2)13-12(17)14-11(16)10(3)15-7-5-4-6-8-15/h9-10H,4-8H2,1-3H3,(H2,13,14,16,17)/p+1/t10-/m0/s1. The molecule has 5 heteroatoms. The van der Waals surface area contributed by atoms with E-state index in [1.807, 2.05) is 20.8 Å². The number of nitrogens with one attached hydrogen (secondary N) is 3. The van der Waals surface area contributed by atoms with E-state index in [1.165, 1.54) is 24.2 Å². The molecule has 3 amide bonds.